The van der Waals surface area contributed by atoms with Crippen LogP contribution in [0.5, 0.6) is 0 Å². The van der Waals surface area contributed by atoms with Crippen molar-refractivity contribution in [2.24, 2.45) is 5.92 Å². The molecule has 1 aromatic carbocycles. The fraction of sp³-hybridized carbons (Fsp3) is 0.562. The molecule has 4 heteroatoms. The molecule has 0 saturated carbocycles. The number of hydrogen-bond donors (Lipinski definition) is 0. The summed E-state index contributed by atoms with van der Waals surface area (Å²) in [5.74, 6) is 2.80. The van der Waals surface area contributed by atoms with Crippen molar-refractivity contribution in [3.63, 3.8) is 0 Å². The number of thioether (sulfide) groups is 1. The van der Waals surface area contributed by atoms with E-state index < -0.39 is 0 Å². The van der Waals surface area contributed by atoms with E-state index in [0.717, 1.165) is 41.7 Å². The molecule has 2 fully saturated rings. The van der Waals surface area contributed by atoms with Gasteiger partial charge >= 0.3 is 0 Å². The number of halogens is 1. The third-order valence-electron chi connectivity index (χ3n) is 4.28. The topological polar surface area (TPSA) is 26.3 Å². The van der Waals surface area contributed by atoms with E-state index in [1.807, 2.05) is 36.0 Å². The number of benzene rings is 1. The Morgan fingerprint density at radius 2 is 2.40 bits per heavy atom. The van der Waals surface area contributed by atoms with Crippen LogP contribution < -0.4 is 0 Å². The first-order valence-electron chi connectivity index (χ1n) is 7.16. The lowest BCUT2D eigenvalue weighted by Gasteiger charge is -2.37. The lowest BCUT2D eigenvalue weighted by Crippen LogP contribution is -2.42. The largest absolute Gasteiger partial charge is 0.374 e. The standard InChI is InChI=1S/C16H19BrO2S/c17-14-3-1-2-12(8-14)9-15(18)13-4-6-19-16(10-13)5-7-20-11-16/h1-3,8,13H,4-7,9-11H2. The number of ether oxygens (including phenoxy) is 1. The van der Waals surface area contributed by atoms with Gasteiger partial charge in [0.05, 0.1) is 5.60 Å². The first kappa shape index (κ1) is 14.6. The minimum Gasteiger partial charge on any atom is -0.374 e. The minimum absolute atomic E-state index is 0.000510. The maximum absolute atomic E-state index is 12.5. The highest BCUT2D eigenvalue weighted by molar-refractivity contribution is 9.10. The summed E-state index contributed by atoms with van der Waals surface area (Å²) < 4.78 is 7.04. The summed E-state index contributed by atoms with van der Waals surface area (Å²) in [6.07, 6.45) is 3.47. The van der Waals surface area contributed by atoms with Crippen molar-refractivity contribution >= 4 is 33.5 Å². The van der Waals surface area contributed by atoms with Crippen molar-refractivity contribution in [2.75, 3.05) is 18.1 Å². The molecule has 0 radical (unpaired) electrons. The molecule has 108 valence electrons. The maximum atomic E-state index is 12.5. The summed E-state index contributed by atoms with van der Waals surface area (Å²) in [5, 5.41) is 0. The van der Waals surface area contributed by atoms with Crippen LogP contribution in [0.15, 0.2) is 28.7 Å². The predicted molar refractivity (Wildman–Crippen MR) is 86.2 cm³/mol. The molecule has 0 aromatic heterocycles. The Bertz CT molecular complexity index is 497. The van der Waals surface area contributed by atoms with Gasteiger partial charge in [0.15, 0.2) is 0 Å². The fourth-order valence-electron chi connectivity index (χ4n) is 3.16. The highest BCUT2D eigenvalue weighted by Crippen LogP contribution is 2.40. The Kier molecular flexibility index (Phi) is 4.53. The van der Waals surface area contributed by atoms with Crippen molar-refractivity contribution in [3.05, 3.63) is 34.3 Å². The SMILES string of the molecule is O=C(Cc1cccc(Br)c1)C1CCOC2(CCSC2)C1. The molecule has 2 aliphatic rings. The molecule has 2 unspecified atom stereocenters. The summed E-state index contributed by atoms with van der Waals surface area (Å²) in [4.78, 5) is 12.5. The molecule has 2 heterocycles. The van der Waals surface area contributed by atoms with E-state index in [2.05, 4.69) is 15.9 Å². The van der Waals surface area contributed by atoms with Gasteiger partial charge in [0, 0.05) is 29.2 Å². The second kappa shape index (κ2) is 6.20. The molecule has 2 nitrogen and oxygen atoms in total. The van der Waals surface area contributed by atoms with Crippen molar-refractivity contribution in [2.45, 2.75) is 31.3 Å². The second-order valence-electron chi connectivity index (χ2n) is 5.80. The van der Waals surface area contributed by atoms with Crippen molar-refractivity contribution in [1.82, 2.24) is 0 Å². The van der Waals surface area contributed by atoms with Gasteiger partial charge in [-0.25, -0.2) is 0 Å². The zero-order chi connectivity index (χ0) is 14.0. The molecule has 20 heavy (non-hydrogen) atoms. The quantitative estimate of drug-likeness (QED) is 0.824. The van der Waals surface area contributed by atoms with Crippen molar-refractivity contribution < 1.29 is 9.53 Å². The average Bonchev–Trinajstić information content (AvgIpc) is 2.87. The van der Waals surface area contributed by atoms with Crippen LogP contribution in [0.3, 0.4) is 0 Å². The van der Waals surface area contributed by atoms with Crippen LogP contribution in [0.2, 0.25) is 0 Å². The number of Topliss-reactive ketones (excluding diaryl/α,β-unsaturated/α-hetero) is 1. The smallest absolute Gasteiger partial charge is 0.140 e. The number of hydrogen-bond acceptors (Lipinski definition) is 3. The second-order valence-corrected chi connectivity index (χ2v) is 7.82. The molecular weight excluding hydrogens is 336 g/mol. The van der Waals surface area contributed by atoms with Gasteiger partial charge < -0.3 is 4.74 Å². The normalized spacial score (nSPS) is 29.8. The lowest BCUT2D eigenvalue weighted by atomic mass is 9.81. The van der Waals surface area contributed by atoms with Gasteiger partial charge in [0.2, 0.25) is 0 Å². The van der Waals surface area contributed by atoms with Crippen LogP contribution in [-0.2, 0) is 16.0 Å². The molecule has 0 amide bonds. The van der Waals surface area contributed by atoms with Gasteiger partial charge in [-0.3, -0.25) is 4.79 Å². The third-order valence-corrected chi connectivity index (χ3v) is 6.00. The van der Waals surface area contributed by atoms with E-state index in [-0.39, 0.29) is 11.5 Å². The zero-order valence-corrected chi connectivity index (χ0v) is 13.8. The maximum Gasteiger partial charge on any atom is 0.140 e. The summed E-state index contributed by atoms with van der Waals surface area (Å²) in [5.41, 5.74) is 1.10. The number of rotatable bonds is 3. The molecular formula is C16H19BrO2S. The molecule has 0 bridgehead atoms. The van der Waals surface area contributed by atoms with Crippen LogP contribution in [0.1, 0.15) is 24.8 Å². The van der Waals surface area contributed by atoms with Gasteiger partial charge in [-0.05, 0) is 42.7 Å². The van der Waals surface area contributed by atoms with E-state index in [9.17, 15) is 4.79 Å². The van der Waals surface area contributed by atoms with E-state index >= 15 is 0 Å². The number of ketones is 1. The highest BCUT2D eigenvalue weighted by atomic mass is 79.9. The molecule has 2 aliphatic heterocycles. The van der Waals surface area contributed by atoms with Gasteiger partial charge in [-0.2, -0.15) is 11.8 Å². The Morgan fingerprint density at radius 1 is 1.50 bits per heavy atom. The predicted octanol–water partition coefficient (Wildman–Crippen LogP) is 3.86. The summed E-state index contributed by atoms with van der Waals surface area (Å²) in [7, 11) is 0. The van der Waals surface area contributed by atoms with Gasteiger partial charge in [0.1, 0.15) is 5.78 Å². The van der Waals surface area contributed by atoms with Crippen molar-refractivity contribution in [3.8, 4) is 0 Å². The molecule has 1 spiro atoms. The molecule has 0 aliphatic carbocycles. The minimum atomic E-state index is 0.000510. The zero-order valence-electron chi connectivity index (χ0n) is 11.4. The Labute approximate surface area is 132 Å². The van der Waals surface area contributed by atoms with Gasteiger partial charge in [-0.15, -0.1) is 0 Å². The first-order chi connectivity index (χ1) is 9.67. The monoisotopic (exact) mass is 354 g/mol. The fourth-order valence-corrected chi connectivity index (χ4v) is 4.98. The van der Waals surface area contributed by atoms with Crippen LogP contribution in [0.25, 0.3) is 0 Å². The van der Waals surface area contributed by atoms with Crippen LogP contribution >= 0.6 is 27.7 Å². The Morgan fingerprint density at radius 3 is 3.15 bits per heavy atom. The highest BCUT2D eigenvalue weighted by Gasteiger charge is 2.42. The van der Waals surface area contributed by atoms with Crippen molar-refractivity contribution in [1.29, 1.82) is 0 Å². The Hall–Kier alpha value is -0.320. The van der Waals surface area contributed by atoms with Gasteiger partial charge in [-0.1, -0.05) is 28.1 Å². The molecule has 0 N–H and O–H groups in total. The van der Waals surface area contributed by atoms with E-state index in [1.54, 1.807) is 0 Å². The summed E-state index contributed by atoms with van der Waals surface area (Å²) >= 11 is 5.42. The van der Waals surface area contributed by atoms with E-state index in [0.29, 0.717) is 12.2 Å². The van der Waals surface area contributed by atoms with E-state index in [1.165, 1.54) is 5.75 Å². The third kappa shape index (κ3) is 3.29. The molecule has 1 aromatic rings. The number of carbonyl (C=O) groups excluding carboxylic acids is 1. The van der Waals surface area contributed by atoms with Gasteiger partial charge in [0.25, 0.3) is 0 Å². The lowest BCUT2D eigenvalue weighted by molar-refractivity contribution is -0.133. The van der Waals surface area contributed by atoms with Crippen LogP contribution in [-0.4, -0.2) is 29.5 Å². The van der Waals surface area contributed by atoms with Crippen LogP contribution in [0, 0.1) is 5.92 Å². The van der Waals surface area contributed by atoms with Crippen LogP contribution in [0.4, 0.5) is 0 Å². The molecule has 3 rings (SSSR count). The van der Waals surface area contributed by atoms with E-state index in [4.69, 9.17) is 4.74 Å². The number of carbonyl (C=O) groups is 1. The first-order valence-corrected chi connectivity index (χ1v) is 9.11. The Balaban J connectivity index is 1.65. The summed E-state index contributed by atoms with van der Waals surface area (Å²) in [6.45, 7) is 0.745. The molecule has 2 saturated heterocycles. The average molecular weight is 355 g/mol. The molecule has 2 atom stereocenters. The summed E-state index contributed by atoms with van der Waals surface area (Å²) in [6, 6.07) is 8.06.